The third-order valence-electron chi connectivity index (χ3n) is 5.70. The van der Waals surface area contributed by atoms with Gasteiger partial charge in [0.25, 0.3) is 0 Å². The molecule has 0 N–H and O–H groups in total. The van der Waals surface area contributed by atoms with Crippen LogP contribution < -0.4 is 4.90 Å². The lowest BCUT2D eigenvalue weighted by molar-refractivity contribution is -0.127. The Bertz CT molecular complexity index is 705. The Morgan fingerprint density at radius 1 is 1.19 bits per heavy atom. The largest absolute Gasteiger partial charge is 0.274 e. The summed E-state index contributed by atoms with van der Waals surface area (Å²) in [6.45, 7) is 5.96. The van der Waals surface area contributed by atoms with Gasteiger partial charge in [0.1, 0.15) is 0 Å². The van der Waals surface area contributed by atoms with E-state index in [1.807, 2.05) is 39.0 Å². The average molecular weight is 281 g/mol. The summed E-state index contributed by atoms with van der Waals surface area (Å²) in [7, 11) is 0. The first-order valence-electron chi connectivity index (χ1n) is 7.58. The van der Waals surface area contributed by atoms with Crippen LogP contribution in [0.3, 0.4) is 0 Å². The van der Waals surface area contributed by atoms with Crippen LogP contribution in [-0.4, -0.2) is 11.8 Å². The van der Waals surface area contributed by atoms with Crippen molar-refractivity contribution in [3.8, 4) is 0 Å². The first-order chi connectivity index (χ1) is 9.94. The van der Waals surface area contributed by atoms with Crippen molar-refractivity contribution in [3.63, 3.8) is 0 Å². The number of allylic oxidation sites excluding steroid dienone is 2. The molecule has 1 saturated heterocycles. The minimum absolute atomic E-state index is 0.00805. The highest BCUT2D eigenvalue weighted by molar-refractivity contribution is 6.24. The summed E-state index contributed by atoms with van der Waals surface area (Å²) >= 11 is 0. The van der Waals surface area contributed by atoms with Crippen LogP contribution in [0.15, 0.2) is 30.4 Å². The molecule has 1 heterocycles. The van der Waals surface area contributed by atoms with E-state index in [-0.39, 0.29) is 29.6 Å². The number of carbonyl (C=O) groups is 2. The monoisotopic (exact) mass is 281 g/mol. The van der Waals surface area contributed by atoms with Gasteiger partial charge in [-0.2, -0.15) is 0 Å². The van der Waals surface area contributed by atoms with Crippen LogP contribution in [0, 0.1) is 37.0 Å². The van der Waals surface area contributed by atoms with E-state index in [2.05, 4.69) is 12.2 Å². The summed E-state index contributed by atoms with van der Waals surface area (Å²) in [6, 6.07) is 5.89. The third-order valence-corrected chi connectivity index (χ3v) is 5.70. The third kappa shape index (κ3) is 1.39. The fraction of sp³-hybridized carbons (Fsp3) is 0.444. The van der Waals surface area contributed by atoms with Gasteiger partial charge in [-0.05, 0) is 50.7 Å². The zero-order chi connectivity index (χ0) is 14.9. The first kappa shape index (κ1) is 12.8. The van der Waals surface area contributed by atoms with Crippen LogP contribution in [0.1, 0.15) is 24.5 Å². The van der Waals surface area contributed by atoms with Crippen molar-refractivity contribution >= 4 is 17.5 Å². The Balaban J connectivity index is 1.83. The molecule has 0 radical (unpaired) electrons. The lowest BCUT2D eigenvalue weighted by Crippen LogP contribution is -2.37. The number of rotatable bonds is 1. The fourth-order valence-electron chi connectivity index (χ4n) is 4.59. The molecule has 1 saturated carbocycles. The minimum Gasteiger partial charge on any atom is -0.274 e. The molecule has 1 aromatic rings. The highest BCUT2D eigenvalue weighted by Gasteiger charge is 2.67. The van der Waals surface area contributed by atoms with Crippen LogP contribution in [-0.2, 0) is 9.59 Å². The second kappa shape index (κ2) is 3.85. The quantitative estimate of drug-likeness (QED) is 0.586. The normalized spacial score (nSPS) is 36.7. The SMILES string of the molecule is Cc1ccc(N2C(=O)[C@H]3[C@@H]4C=C[C@@H](C4)[C@]3(C)C2=O)c(C)c1. The van der Waals surface area contributed by atoms with E-state index >= 15 is 0 Å². The number of anilines is 1. The number of imide groups is 1. The number of amides is 2. The van der Waals surface area contributed by atoms with Gasteiger partial charge < -0.3 is 0 Å². The van der Waals surface area contributed by atoms with E-state index in [0.717, 1.165) is 23.2 Å². The van der Waals surface area contributed by atoms with Crippen LogP contribution in [0.5, 0.6) is 0 Å². The van der Waals surface area contributed by atoms with Crippen molar-refractivity contribution in [1.29, 1.82) is 0 Å². The molecule has 2 aliphatic carbocycles. The summed E-state index contributed by atoms with van der Waals surface area (Å²) < 4.78 is 0. The Hall–Kier alpha value is -1.90. The molecule has 0 unspecified atom stereocenters. The highest BCUT2D eigenvalue weighted by atomic mass is 16.2. The predicted octanol–water partition coefficient (Wildman–Crippen LogP) is 3.01. The van der Waals surface area contributed by atoms with Crippen LogP contribution in [0.4, 0.5) is 5.69 Å². The van der Waals surface area contributed by atoms with E-state index < -0.39 is 5.41 Å². The molecule has 2 bridgehead atoms. The maximum atomic E-state index is 13.0. The Morgan fingerprint density at radius 3 is 2.62 bits per heavy atom. The summed E-state index contributed by atoms with van der Waals surface area (Å²) in [5.41, 5.74) is 2.35. The molecule has 4 rings (SSSR count). The van der Waals surface area contributed by atoms with Crippen molar-refractivity contribution in [1.82, 2.24) is 0 Å². The molecule has 2 fully saturated rings. The summed E-state index contributed by atoms with van der Waals surface area (Å²) in [6.07, 6.45) is 5.23. The zero-order valence-electron chi connectivity index (χ0n) is 12.6. The van der Waals surface area contributed by atoms with E-state index in [1.165, 1.54) is 4.90 Å². The standard InChI is InChI=1S/C18H19NO2/c1-10-4-7-14(11(2)8-10)19-16(20)15-12-5-6-13(9-12)18(15,3)17(19)21/h4-8,12-13,15H,9H2,1-3H3/t12-,13+,15-,18+/m1/s1. The molecule has 3 aliphatic rings. The minimum atomic E-state index is -0.534. The van der Waals surface area contributed by atoms with Gasteiger partial charge >= 0.3 is 0 Å². The number of hydrogen-bond acceptors (Lipinski definition) is 2. The molecule has 4 atom stereocenters. The number of nitrogens with zero attached hydrogens (tertiary/aromatic N) is 1. The van der Waals surface area contributed by atoms with Gasteiger partial charge in [0.05, 0.1) is 17.0 Å². The van der Waals surface area contributed by atoms with Crippen LogP contribution in [0.2, 0.25) is 0 Å². The van der Waals surface area contributed by atoms with E-state index in [0.29, 0.717) is 0 Å². The molecule has 2 amide bonds. The molecule has 1 aliphatic heterocycles. The number of hydrogen-bond donors (Lipinski definition) is 0. The molecule has 0 aromatic heterocycles. The summed E-state index contributed by atoms with van der Waals surface area (Å²) in [5.74, 6) is 0.278. The van der Waals surface area contributed by atoms with Crippen molar-refractivity contribution in [2.45, 2.75) is 27.2 Å². The van der Waals surface area contributed by atoms with E-state index in [4.69, 9.17) is 0 Å². The number of carbonyl (C=O) groups excluding carboxylic acids is 2. The molecular formula is C18H19NO2. The molecule has 108 valence electrons. The van der Waals surface area contributed by atoms with E-state index in [9.17, 15) is 9.59 Å². The Morgan fingerprint density at radius 2 is 1.95 bits per heavy atom. The zero-order valence-corrected chi connectivity index (χ0v) is 12.6. The van der Waals surface area contributed by atoms with Gasteiger partial charge in [0.2, 0.25) is 11.8 Å². The summed E-state index contributed by atoms with van der Waals surface area (Å²) in [4.78, 5) is 27.4. The predicted molar refractivity (Wildman–Crippen MR) is 80.7 cm³/mol. The van der Waals surface area contributed by atoms with Crippen molar-refractivity contribution in [2.24, 2.45) is 23.2 Å². The van der Waals surface area contributed by atoms with Crippen LogP contribution in [0.25, 0.3) is 0 Å². The smallest absolute Gasteiger partial charge is 0.241 e. The van der Waals surface area contributed by atoms with Gasteiger partial charge in [0.15, 0.2) is 0 Å². The maximum absolute atomic E-state index is 13.0. The van der Waals surface area contributed by atoms with Crippen molar-refractivity contribution in [2.75, 3.05) is 4.90 Å². The van der Waals surface area contributed by atoms with Gasteiger partial charge in [-0.1, -0.05) is 29.8 Å². The van der Waals surface area contributed by atoms with Gasteiger partial charge in [0, 0.05) is 0 Å². The van der Waals surface area contributed by atoms with Gasteiger partial charge in [-0.15, -0.1) is 0 Å². The first-order valence-corrected chi connectivity index (χ1v) is 7.58. The van der Waals surface area contributed by atoms with Gasteiger partial charge in [-0.25, -0.2) is 4.90 Å². The topological polar surface area (TPSA) is 37.4 Å². The fourth-order valence-corrected chi connectivity index (χ4v) is 4.59. The lowest BCUT2D eigenvalue weighted by Gasteiger charge is -2.28. The Kier molecular flexibility index (Phi) is 2.35. The Labute approximate surface area is 124 Å². The summed E-state index contributed by atoms with van der Waals surface area (Å²) in [5, 5.41) is 0. The second-order valence-corrected chi connectivity index (χ2v) is 6.92. The van der Waals surface area contributed by atoms with Crippen molar-refractivity contribution in [3.05, 3.63) is 41.5 Å². The number of fused-ring (bicyclic) bond motifs is 5. The van der Waals surface area contributed by atoms with Crippen molar-refractivity contribution < 1.29 is 9.59 Å². The van der Waals surface area contributed by atoms with Gasteiger partial charge in [-0.3, -0.25) is 9.59 Å². The van der Waals surface area contributed by atoms with Crippen LogP contribution >= 0.6 is 0 Å². The number of benzene rings is 1. The lowest BCUT2D eigenvalue weighted by atomic mass is 9.71. The highest BCUT2D eigenvalue weighted by Crippen LogP contribution is 2.61. The average Bonchev–Trinajstić information content (AvgIpc) is 3.05. The molecule has 1 aromatic carbocycles. The molecule has 3 nitrogen and oxygen atoms in total. The molecular weight excluding hydrogens is 262 g/mol. The number of aryl methyl sites for hydroxylation is 2. The maximum Gasteiger partial charge on any atom is 0.241 e. The molecule has 3 heteroatoms. The molecule has 21 heavy (non-hydrogen) atoms. The van der Waals surface area contributed by atoms with E-state index in [1.54, 1.807) is 0 Å². The second-order valence-electron chi connectivity index (χ2n) is 6.92. The molecule has 0 spiro atoms.